The second kappa shape index (κ2) is 13.9. The fourth-order valence-electron chi connectivity index (χ4n) is 3.96. The number of hydrogen-bond donors (Lipinski definition) is 0. The Morgan fingerprint density at radius 3 is 2.38 bits per heavy atom. The van der Waals surface area contributed by atoms with Crippen molar-refractivity contribution in [3.8, 4) is 0 Å². The molecule has 3 aromatic rings. The molecule has 3 rings (SSSR count). The van der Waals surface area contributed by atoms with Crippen molar-refractivity contribution >= 4 is 31.9 Å². The molecule has 0 bridgehead atoms. The Kier molecular flexibility index (Phi) is 10.9. The van der Waals surface area contributed by atoms with Crippen molar-refractivity contribution < 1.29 is 17.9 Å². The van der Waals surface area contributed by atoms with E-state index in [1.54, 1.807) is 29.2 Å². The highest BCUT2D eigenvalue weighted by Gasteiger charge is 2.28. The Morgan fingerprint density at radius 1 is 1.03 bits per heavy atom. The van der Waals surface area contributed by atoms with Crippen LogP contribution in [0.4, 0.5) is 0 Å². The molecule has 1 amide bonds. The molecule has 0 spiro atoms. The molecule has 2 aromatic carbocycles. The SMILES string of the molecule is CCCCN(Cc1cccn1Cc1ccc(Br)cc1)C(=O)CN(CCOC)S(=O)(=O)c1ccc(C)cc1. The van der Waals surface area contributed by atoms with Crippen LogP contribution < -0.4 is 0 Å². The minimum Gasteiger partial charge on any atom is -0.383 e. The molecule has 1 heterocycles. The number of amides is 1. The van der Waals surface area contributed by atoms with Crippen molar-refractivity contribution in [1.29, 1.82) is 0 Å². The number of benzene rings is 2. The number of hydrogen-bond acceptors (Lipinski definition) is 4. The van der Waals surface area contributed by atoms with Crippen LogP contribution in [0, 0.1) is 6.92 Å². The maximum Gasteiger partial charge on any atom is 0.243 e. The second-order valence-corrected chi connectivity index (χ2v) is 11.9. The fourth-order valence-corrected chi connectivity index (χ4v) is 5.60. The smallest absolute Gasteiger partial charge is 0.243 e. The number of aryl methyl sites for hydroxylation is 1. The molecule has 0 fully saturated rings. The summed E-state index contributed by atoms with van der Waals surface area (Å²) in [6.45, 7) is 5.69. The Hall–Kier alpha value is -2.46. The zero-order valence-corrected chi connectivity index (χ0v) is 24.2. The van der Waals surface area contributed by atoms with E-state index in [1.165, 1.54) is 11.4 Å². The van der Waals surface area contributed by atoms with Gasteiger partial charge in [-0.2, -0.15) is 4.31 Å². The lowest BCUT2D eigenvalue weighted by atomic mass is 10.2. The van der Waals surface area contributed by atoms with Crippen molar-refractivity contribution in [1.82, 2.24) is 13.8 Å². The quantitative estimate of drug-likeness (QED) is 0.263. The van der Waals surface area contributed by atoms with E-state index in [4.69, 9.17) is 4.74 Å². The highest BCUT2D eigenvalue weighted by Crippen LogP contribution is 2.18. The lowest BCUT2D eigenvalue weighted by molar-refractivity contribution is -0.132. The maximum atomic E-state index is 13.6. The van der Waals surface area contributed by atoms with Crippen LogP contribution in [-0.4, -0.2) is 61.4 Å². The number of aromatic nitrogens is 1. The lowest BCUT2D eigenvalue weighted by Crippen LogP contribution is -2.44. The molecule has 0 unspecified atom stereocenters. The third-order valence-corrected chi connectivity index (χ3v) is 8.58. The van der Waals surface area contributed by atoms with Crippen LogP contribution in [0.15, 0.2) is 76.2 Å². The first-order chi connectivity index (χ1) is 17.7. The average Bonchev–Trinajstić information content (AvgIpc) is 3.32. The Bertz CT molecular complexity index is 1240. The van der Waals surface area contributed by atoms with Crippen molar-refractivity contribution in [2.24, 2.45) is 0 Å². The Labute approximate surface area is 229 Å². The zero-order chi connectivity index (χ0) is 26.8. The molecule has 0 aliphatic heterocycles. The van der Waals surface area contributed by atoms with Crippen LogP contribution >= 0.6 is 15.9 Å². The van der Waals surface area contributed by atoms with Crippen molar-refractivity contribution in [3.05, 3.63) is 88.2 Å². The summed E-state index contributed by atoms with van der Waals surface area (Å²) < 4.78 is 36.4. The van der Waals surface area contributed by atoms with Gasteiger partial charge in [0.25, 0.3) is 0 Å². The van der Waals surface area contributed by atoms with Crippen LogP contribution in [0.25, 0.3) is 0 Å². The molecule has 7 nitrogen and oxygen atoms in total. The molecular formula is C28H36BrN3O4S. The highest BCUT2D eigenvalue weighted by molar-refractivity contribution is 9.10. The highest BCUT2D eigenvalue weighted by atomic mass is 79.9. The van der Waals surface area contributed by atoms with Crippen molar-refractivity contribution in [2.45, 2.75) is 44.7 Å². The zero-order valence-electron chi connectivity index (χ0n) is 21.8. The summed E-state index contributed by atoms with van der Waals surface area (Å²) in [4.78, 5) is 15.5. The number of sulfonamides is 1. The minimum atomic E-state index is -3.86. The van der Waals surface area contributed by atoms with Crippen LogP contribution in [0.3, 0.4) is 0 Å². The van der Waals surface area contributed by atoms with Crippen LogP contribution in [-0.2, 0) is 32.6 Å². The van der Waals surface area contributed by atoms with Gasteiger partial charge >= 0.3 is 0 Å². The summed E-state index contributed by atoms with van der Waals surface area (Å²) >= 11 is 3.47. The molecule has 0 aliphatic rings. The monoisotopic (exact) mass is 589 g/mol. The first kappa shape index (κ1) is 29.1. The largest absolute Gasteiger partial charge is 0.383 e. The van der Waals surface area contributed by atoms with Gasteiger partial charge in [0, 0.05) is 43.1 Å². The average molecular weight is 591 g/mol. The predicted octanol–water partition coefficient (Wildman–Crippen LogP) is 5.07. The van der Waals surface area contributed by atoms with E-state index in [0.717, 1.165) is 34.1 Å². The molecule has 1 aromatic heterocycles. The Balaban J connectivity index is 1.80. The first-order valence-electron chi connectivity index (χ1n) is 12.5. The van der Waals surface area contributed by atoms with Crippen LogP contribution in [0.2, 0.25) is 0 Å². The van der Waals surface area contributed by atoms with E-state index in [0.29, 0.717) is 19.6 Å². The summed E-state index contributed by atoms with van der Waals surface area (Å²) in [5, 5.41) is 0. The summed E-state index contributed by atoms with van der Waals surface area (Å²) in [7, 11) is -2.34. The molecule has 0 radical (unpaired) electrons. The van der Waals surface area contributed by atoms with Gasteiger partial charge in [-0.05, 0) is 55.3 Å². The number of carbonyl (C=O) groups is 1. The van der Waals surface area contributed by atoms with Gasteiger partial charge in [0.2, 0.25) is 15.9 Å². The van der Waals surface area contributed by atoms with E-state index in [9.17, 15) is 13.2 Å². The molecule has 0 atom stereocenters. The van der Waals surface area contributed by atoms with Gasteiger partial charge in [-0.15, -0.1) is 0 Å². The molecule has 37 heavy (non-hydrogen) atoms. The fraction of sp³-hybridized carbons (Fsp3) is 0.393. The minimum absolute atomic E-state index is 0.0972. The normalized spacial score (nSPS) is 11.7. The van der Waals surface area contributed by atoms with E-state index in [-0.39, 0.29) is 30.5 Å². The summed E-state index contributed by atoms with van der Waals surface area (Å²) in [5.74, 6) is -0.225. The molecular weight excluding hydrogens is 554 g/mol. The van der Waals surface area contributed by atoms with E-state index in [1.807, 2.05) is 37.4 Å². The van der Waals surface area contributed by atoms with Crippen molar-refractivity contribution in [2.75, 3.05) is 33.4 Å². The van der Waals surface area contributed by atoms with E-state index >= 15 is 0 Å². The molecule has 200 valence electrons. The molecule has 0 aliphatic carbocycles. The number of carbonyl (C=O) groups excluding carboxylic acids is 1. The van der Waals surface area contributed by atoms with Gasteiger partial charge in [-0.1, -0.05) is 59.1 Å². The maximum absolute atomic E-state index is 13.6. The summed E-state index contributed by atoms with van der Waals surface area (Å²) in [6, 6.07) is 18.8. The van der Waals surface area contributed by atoms with E-state index < -0.39 is 10.0 Å². The van der Waals surface area contributed by atoms with Gasteiger partial charge < -0.3 is 14.2 Å². The van der Waals surface area contributed by atoms with Gasteiger partial charge in [0.1, 0.15) is 0 Å². The van der Waals surface area contributed by atoms with Gasteiger partial charge in [-0.3, -0.25) is 4.79 Å². The van der Waals surface area contributed by atoms with Crippen molar-refractivity contribution in [3.63, 3.8) is 0 Å². The number of ether oxygens (including phenoxy) is 1. The standard InChI is InChI=1S/C28H36BrN3O4S/c1-4-5-16-31(21-26-7-6-17-30(26)20-24-10-12-25(29)13-11-24)28(33)22-32(18-19-36-3)37(34,35)27-14-8-23(2)9-15-27/h6-15,17H,4-5,16,18-22H2,1-3H3. The number of nitrogens with zero attached hydrogens (tertiary/aromatic N) is 3. The lowest BCUT2D eigenvalue weighted by Gasteiger charge is -2.28. The third-order valence-electron chi connectivity index (χ3n) is 6.19. The Morgan fingerprint density at radius 2 is 1.73 bits per heavy atom. The second-order valence-electron chi connectivity index (χ2n) is 9.07. The van der Waals surface area contributed by atoms with E-state index in [2.05, 4.69) is 39.6 Å². The van der Waals surface area contributed by atoms with Crippen LogP contribution in [0.1, 0.15) is 36.6 Å². The summed E-state index contributed by atoms with van der Waals surface area (Å²) in [6.07, 6.45) is 3.77. The first-order valence-corrected chi connectivity index (χ1v) is 14.7. The third kappa shape index (κ3) is 8.26. The predicted molar refractivity (Wildman–Crippen MR) is 150 cm³/mol. The van der Waals surface area contributed by atoms with Gasteiger partial charge in [0.15, 0.2) is 0 Å². The number of rotatable bonds is 14. The topological polar surface area (TPSA) is 71.9 Å². The number of halogens is 1. The number of unbranched alkanes of at least 4 members (excludes halogenated alkanes) is 1. The van der Waals surface area contributed by atoms with Gasteiger partial charge in [-0.25, -0.2) is 8.42 Å². The molecule has 0 N–H and O–H groups in total. The molecule has 0 saturated carbocycles. The molecule has 0 saturated heterocycles. The van der Waals surface area contributed by atoms with Gasteiger partial charge in [0.05, 0.1) is 24.6 Å². The molecule has 9 heteroatoms. The van der Waals surface area contributed by atoms with Crippen LogP contribution in [0.5, 0.6) is 0 Å². The summed E-state index contributed by atoms with van der Waals surface area (Å²) in [5.41, 5.74) is 3.12. The number of methoxy groups -OCH3 is 1.